The highest BCUT2D eigenvalue weighted by Crippen LogP contribution is 2.34. The quantitative estimate of drug-likeness (QED) is 0.227. The number of hydrogen-bond donors (Lipinski definition) is 1. The molecule has 0 aromatic heterocycles. The smallest absolute Gasteiger partial charge is 0.251 e. The van der Waals surface area contributed by atoms with E-state index in [9.17, 15) is 13.2 Å². The van der Waals surface area contributed by atoms with Gasteiger partial charge in [0, 0.05) is 5.56 Å². The molecule has 0 unspecified atom stereocenters. The molecule has 39 heavy (non-hydrogen) atoms. The van der Waals surface area contributed by atoms with Gasteiger partial charge in [-0.15, -0.1) is 0 Å². The molecule has 0 aliphatic heterocycles. The molecule has 0 bridgehead atoms. The van der Waals surface area contributed by atoms with Crippen molar-refractivity contribution in [3.63, 3.8) is 0 Å². The second-order valence-electron chi connectivity index (χ2n) is 8.95. The molecule has 8 heteroatoms. The van der Waals surface area contributed by atoms with Gasteiger partial charge in [-0.1, -0.05) is 61.5 Å². The molecule has 0 aliphatic rings. The van der Waals surface area contributed by atoms with Crippen molar-refractivity contribution in [1.29, 1.82) is 0 Å². The number of nitrogens with one attached hydrogen (secondary N) is 1. The Morgan fingerprint density at radius 2 is 1.44 bits per heavy atom. The van der Waals surface area contributed by atoms with Crippen molar-refractivity contribution in [1.82, 2.24) is 5.32 Å². The zero-order valence-electron chi connectivity index (χ0n) is 22.0. The molecule has 0 radical (unpaired) electrons. The first-order chi connectivity index (χ1) is 18.8. The van der Waals surface area contributed by atoms with Crippen LogP contribution in [0.1, 0.15) is 28.4 Å². The van der Waals surface area contributed by atoms with E-state index in [1.165, 1.54) is 9.87 Å². The number of carbonyl (C=O) groups excluding carboxylic acids is 1. The SMILES string of the molecule is CCc1ccc(OCCNC(=O)c2ccc(CN(c3ccccc3Oc3ccccc3)S(C)(=O)=O)cc2)cc1. The van der Waals surface area contributed by atoms with Crippen LogP contribution in [0.15, 0.2) is 103 Å². The first-order valence-electron chi connectivity index (χ1n) is 12.7. The van der Waals surface area contributed by atoms with Crippen molar-refractivity contribution < 1.29 is 22.7 Å². The largest absolute Gasteiger partial charge is 0.492 e. The van der Waals surface area contributed by atoms with Gasteiger partial charge in [0.1, 0.15) is 18.1 Å². The maximum atomic E-state index is 12.8. The molecule has 0 fully saturated rings. The Kier molecular flexibility index (Phi) is 9.22. The maximum Gasteiger partial charge on any atom is 0.251 e. The number of amides is 1. The minimum Gasteiger partial charge on any atom is -0.492 e. The Morgan fingerprint density at radius 3 is 2.10 bits per heavy atom. The summed E-state index contributed by atoms with van der Waals surface area (Å²) in [7, 11) is -3.64. The van der Waals surface area contributed by atoms with E-state index < -0.39 is 10.0 Å². The Balaban J connectivity index is 1.38. The van der Waals surface area contributed by atoms with E-state index in [0.29, 0.717) is 35.9 Å². The molecule has 4 aromatic rings. The lowest BCUT2D eigenvalue weighted by atomic mass is 10.1. The second-order valence-corrected chi connectivity index (χ2v) is 10.9. The number of carbonyl (C=O) groups is 1. The van der Waals surface area contributed by atoms with Crippen LogP contribution in [0.4, 0.5) is 5.69 Å². The van der Waals surface area contributed by atoms with E-state index >= 15 is 0 Å². The van der Waals surface area contributed by atoms with Crippen molar-refractivity contribution in [3.8, 4) is 17.2 Å². The van der Waals surface area contributed by atoms with Crippen LogP contribution in [0.25, 0.3) is 0 Å². The highest BCUT2D eigenvalue weighted by molar-refractivity contribution is 7.92. The van der Waals surface area contributed by atoms with Gasteiger partial charge in [-0.2, -0.15) is 0 Å². The van der Waals surface area contributed by atoms with Gasteiger partial charge in [0.15, 0.2) is 5.75 Å². The molecule has 4 aromatic carbocycles. The first-order valence-corrected chi connectivity index (χ1v) is 14.6. The number of sulfonamides is 1. The van der Waals surface area contributed by atoms with Crippen molar-refractivity contribution in [2.75, 3.05) is 23.7 Å². The van der Waals surface area contributed by atoms with Gasteiger partial charge in [0.05, 0.1) is 25.0 Å². The van der Waals surface area contributed by atoms with Crippen LogP contribution >= 0.6 is 0 Å². The number of rotatable bonds is 12. The third-order valence-corrected chi connectivity index (χ3v) is 7.16. The summed E-state index contributed by atoms with van der Waals surface area (Å²) in [4.78, 5) is 12.6. The predicted octanol–water partition coefficient (Wildman–Crippen LogP) is 5.82. The van der Waals surface area contributed by atoms with Gasteiger partial charge in [-0.05, 0) is 66.1 Å². The minimum absolute atomic E-state index is 0.0839. The van der Waals surface area contributed by atoms with E-state index in [-0.39, 0.29) is 12.5 Å². The number of nitrogens with zero attached hydrogens (tertiary/aromatic N) is 1. The normalized spacial score (nSPS) is 11.0. The zero-order valence-corrected chi connectivity index (χ0v) is 22.9. The summed E-state index contributed by atoms with van der Waals surface area (Å²) < 4.78 is 38.6. The van der Waals surface area contributed by atoms with Gasteiger partial charge in [-0.3, -0.25) is 9.10 Å². The van der Waals surface area contributed by atoms with Crippen LogP contribution in [-0.2, 0) is 23.0 Å². The molecule has 0 saturated heterocycles. The molecule has 0 saturated carbocycles. The van der Waals surface area contributed by atoms with E-state index in [0.717, 1.165) is 24.0 Å². The fourth-order valence-corrected chi connectivity index (χ4v) is 4.82. The molecular weight excluding hydrogens is 512 g/mol. The van der Waals surface area contributed by atoms with E-state index in [2.05, 4.69) is 12.2 Å². The summed E-state index contributed by atoms with van der Waals surface area (Å²) in [5, 5.41) is 2.85. The summed E-state index contributed by atoms with van der Waals surface area (Å²) in [6.45, 7) is 2.89. The van der Waals surface area contributed by atoms with Gasteiger partial charge >= 0.3 is 0 Å². The average molecular weight is 545 g/mol. The van der Waals surface area contributed by atoms with Crippen molar-refractivity contribution >= 4 is 21.6 Å². The standard InChI is InChI=1S/C31H32N2O5S/c1-3-24-15-19-27(20-16-24)37-22-21-32-31(34)26-17-13-25(14-18-26)23-33(39(2,35)36)29-11-7-8-12-30(29)38-28-9-5-4-6-10-28/h4-20H,3,21-23H2,1-2H3,(H,32,34). The fraction of sp³-hybridized carbons (Fsp3) is 0.194. The maximum absolute atomic E-state index is 12.8. The summed E-state index contributed by atoms with van der Waals surface area (Å²) in [5.74, 6) is 1.56. The van der Waals surface area contributed by atoms with Crippen molar-refractivity contribution in [2.24, 2.45) is 0 Å². The van der Waals surface area contributed by atoms with Crippen LogP contribution in [-0.4, -0.2) is 33.7 Å². The lowest BCUT2D eigenvalue weighted by molar-refractivity contribution is 0.0947. The molecule has 0 spiro atoms. The molecule has 1 N–H and O–H groups in total. The van der Waals surface area contributed by atoms with E-state index in [4.69, 9.17) is 9.47 Å². The van der Waals surface area contributed by atoms with Crippen LogP contribution in [0, 0.1) is 0 Å². The molecule has 0 heterocycles. The summed E-state index contributed by atoms with van der Waals surface area (Å²) in [5.41, 5.74) is 2.87. The Hall–Kier alpha value is -4.30. The molecule has 0 aliphatic carbocycles. The van der Waals surface area contributed by atoms with E-state index in [1.807, 2.05) is 42.5 Å². The fourth-order valence-electron chi connectivity index (χ4n) is 3.93. The Labute approximate surface area is 230 Å². The van der Waals surface area contributed by atoms with Crippen molar-refractivity contribution in [3.05, 3.63) is 120 Å². The number of hydrogen-bond acceptors (Lipinski definition) is 5. The van der Waals surface area contributed by atoms with Crippen LogP contribution in [0.2, 0.25) is 0 Å². The zero-order chi connectivity index (χ0) is 27.7. The summed E-state index contributed by atoms with van der Waals surface area (Å²) in [6, 6.07) is 31.0. The Morgan fingerprint density at radius 1 is 0.795 bits per heavy atom. The highest BCUT2D eigenvalue weighted by atomic mass is 32.2. The van der Waals surface area contributed by atoms with Gasteiger partial charge < -0.3 is 14.8 Å². The third kappa shape index (κ3) is 7.85. The van der Waals surface area contributed by atoms with Gasteiger partial charge in [0.25, 0.3) is 5.91 Å². The predicted molar refractivity (Wildman–Crippen MR) is 154 cm³/mol. The number of anilines is 1. The Bertz CT molecular complexity index is 1470. The second kappa shape index (κ2) is 13.0. The first kappa shape index (κ1) is 27.7. The number of benzene rings is 4. The molecule has 0 atom stereocenters. The number of ether oxygens (including phenoxy) is 2. The molecule has 1 amide bonds. The topological polar surface area (TPSA) is 84.9 Å². The number of para-hydroxylation sites is 3. The van der Waals surface area contributed by atoms with Crippen molar-refractivity contribution in [2.45, 2.75) is 19.9 Å². The van der Waals surface area contributed by atoms with E-state index in [1.54, 1.807) is 60.7 Å². The highest BCUT2D eigenvalue weighted by Gasteiger charge is 2.22. The molecular formula is C31H32N2O5S. The van der Waals surface area contributed by atoms with Gasteiger partial charge in [-0.25, -0.2) is 8.42 Å². The van der Waals surface area contributed by atoms with Crippen LogP contribution < -0.4 is 19.1 Å². The lowest BCUT2D eigenvalue weighted by Gasteiger charge is -2.25. The monoisotopic (exact) mass is 544 g/mol. The summed E-state index contributed by atoms with van der Waals surface area (Å²) >= 11 is 0. The molecule has 7 nitrogen and oxygen atoms in total. The molecule has 4 rings (SSSR count). The van der Waals surface area contributed by atoms with Gasteiger partial charge in [0.2, 0.25) is 10.0 Å². The van der Waals surface area contributed by atoms with Crippen LogP contribution in [0.3, 0.4) is 0 Å². The lowest BCUT2D eigenvalue weighted by Crippen LogP contribution is -2.30. The minimum atomic E-state index is -3.64. The average Bonchev–Trinajstić information content (AvgIpc) is 2.95. The van der Waals surface area contributed by atoms with Crippen LogP contribution in [0.5, 0.6) is 17.2 Å². The third-order valence-electron chi connectivity index (χ3n) is 6.04. The molecule has 202 valence electrons. The number of aryl methyl sites for hydroxylation is 1. The summed E-state index contributed by atoms with van der Waals surface area (Å²) in [6.07, 6.45) is 2.13.